The van der Waals surface area contributed by atoms with Crippen molar-refractivity contribution in [3.05, 3.63) is 12.7 Å². The molecule has 0 bridgehead atoms. The third-order valence-electron chi connectivity index (χ3n) is 3.14. The Morgan fingerprint density at radius 3 is 2.82 bits per heavy atom. The van der Waals surface area contributed by atoms with Crippen molar-refractivity contribution in [3.63, 3.8) is 0 Å². The number of nitrogens with one attached hydrogen (secondary N) is 1. The number of carboxylic acid groups (broad SMARTS) is 1. The highest BCUT2D eigenvalue weighted by Crippen LogP contribution is 2.29. The van der Waals surface area contributed by atoms with Gasteiger partial charge in [0.1, 0.15) is 0 Å². The second-order valence-electron chi connectivity index (χ2n) is 4.70. The average Bonchev–Trinajstić information content (AvgIpc) is 2.69. The van der Waals surface area contributed by atoms with Crippen molar-refractivity contribution in [2.45, 2.75) is 26.2 Å². The van der Waals surface area contributed by atoms with E-state index in [4.69, 9.17) is 5.11 Å². The van der Waals surface area contributed by atoms with Gasteiger partial charge in [-0.1, -0.05) is 6.08 Å². The third kappa shape index (κ3) is 3.47. The molecular weight excluding hydrogens is 220 g/mol. The molecule has 1 saturated heterocycles. The lowest BCUT2D eigenvalue weighted by atomic mass is 9.90. The lowest BCUT2D eigenvalue weighted by molar-refractivity contribution is -0.146. The summed E-state index contributed by atoms with van der Waals surface area (Å²) in [5, 5.41) is 11.8. The lowest BCUT2D eigenvalue weighted by Gasteiger charge is -2.20. The molecule has 5 heteroatoms. The maximum absolute atomic E-state index is 11.7. The summed E-state index contributed by atoms with van der Waals surface area (Å²) >= 11 is 0. The summed E-state index contributed by atoms with van der Waals surface area (Å²) in [5.41, 5.74) is -0.793. The van der Waals surface area contributed by atoms with E-state index in [-0.39, 0.29) is 12.6 Å². The first-order chi connectivity index (χ1) is 7.99. The predicted molar refractivity (Wildman–Crippen MR) is 64.8 cm³/mol. The van der Waals surface area contributed by atoms with Gasteiger partial charge in [-0.2, -0.15) is 0 Å². The summed E-state index contributed by atoms with van der Waals surface area (Å²) in [4.78, 5) is 24.3. The van der Waals surface area contributed by atoms with Crippen LogP contribution in [0.3, 0.4) is 0 Å². The fourth-order valence-corrected chi connectivity index (χ4v) is 1.86. The molecule has 5 nitrogen and oxygen atoms in total. The fourth-order valence-electron chi connectivity index (χ4n) is 1.86. The summed E-state index contributed by atoms with van der Waals surface area (Å²) in [5.74, 6) is -0.834. The van der Waals surface area contributed by atoms with Gasteiger partial charge in [-0.25, -0.2) is 4.79 Å². The van der Waals surface area contributed by atoms with Crippen molar-refractivity contribution < 1.29 is 14.7 Å². The molecule has 17 heavy (non-hydrogen) atoms. The monoisotopic (exact) mass is 240 g/mol. The van der Waals surface area contributed by atoms with Crippen molar-refractivity contribution in [2.24, 2.45) is 5.41 Å². The quantitative estimate of drug-likeness (QED) is 0.564. The molecule has 0 aromatic heterocycles. The van der Waals surface area contributed by atoms with Gasteiger partial charge < -0.3 is 15.3 Å². The molecule has 0 spiro atoms. The molecule has 0 saturated carbocycles. The van der Waals surface area contributed by atoms with Crippen LogP contribution >= 0.6 is 0 Å². The molecule has 1 aliphatic rings. The maximum atomic E-state index is 11.7. The molecule has 1 aliphatic heterocycles. The van der Waals surface area contributed by atoms with Gasteiger partial charge in [-0.15, -0.1) is 6.58 Å². The highest BCUT2D eigenvalue weighted by Gasteiger charge is 2.41. The number of likely N-dealkylation sites (tertiary alicyclic amines) is 1. The zero-order valence-electron chi connectivity index (χ0n) is 10.2. The molecule has 1 unspecified atom stereocenters. The Hall–Kier alpha value is -1.52. The minimum absolute atomic E-state index is 0.168. The number of carboxylic acids is 1. The molecular formula is C12H20N2O3. The largest absolute Gasteiger partial charge is 0.481 e. The Labute approximate surface area is 101 Å². The molecule has 1 atom stereocenters. The molecule has 2 N–H and O–H groups in total. The van der Waals surface area contributed by atoms with Crippen LogP contribution in [0.2, 0.25) is 0 Å². The van der Waals surface area contributed by atoms with Gasteiger partial charge in [-0.05, 0) is 26.2 Å². The van der Waals surface area contributed by atoms with Gasteiger partial charge in [0.05, 0.1) is 5.41 Å². The molecule has 1 heterocycles. The molecule has 96 valence electrons. The number of hydrogen-bond donors (Lipinski definition) is 2. The number of carbonyl (C=O) groups is 2. The number of rotatable bonds is 5. The lowest BCUT2D eigenvalue weighted by Crippen LogP contribution is -2.41. The van der Waals surface area contributed by atoms with Crippen LogP contribution in [0.15, 0.2) is 12.7 Å². The van der Waals surface area contributed by atoms with Gasteiger partial charge in [0.15, 0.2) is 0 Å². The molecule has 0 aromatic carbocycles. The topological polar surface area (TPSA) is 69.6 Å². The van der Waals surface area contributed by atoms with Crippen LogP contribution in [0, 0.1) is 5.41 Å². The molecule has 0 aliphatic carbocycles. The van der Waals surface area contributed by atoms with E-state index in [1.807, 2.05) is 6.08 Å². The Kier molecular flexibility index (Phi) is 4.54. The number of unbranched alkanes of at least 4 members (excludes halogenated alkanes) is 1. The Bertz CT molecular complexity index is 317. The molecule has 1 rings (SSSR count). The highest BCUT2D eigenvalue weighted by molar-refractivity contribution is 5.79. The second-order valence-corrected chi connectivity index (χ2v) is 4.70. The number of allylic oxidation sites excluding steroid dienone is 1. The van der Waals surface area contributed by atoms with E-state index in [2.05, 4.69) is 11.9 Å². The Morgan fingerprint density at radius 1 is 1.59 bits per heavy atom. The van der Waals surface area contributed by atoms with Crippen LogP contribution in [-0.4, -0.2) is 41.6 Å². The van der Waals surface area contributed by atoms with Crippen molar-refractivity contribution in [1.29, 1.82) is 0 Å². The predicted octanol–water partition coefficient (Wildman–Crippen LogP) is 1.46. The van der Waals surface area contributed by atoms with Crippen molar-refractivity contribution in [3.8, 4) is 0 Å². The van der Waals surface area contributed by atoms with E-state index in [1.54, 1.807) is 11.8 Å². The van der Waals surface area contributed by atoms with E-state index in [9.17, 15) is 9.59 Å². The van der Waals surface area contributed by atoms with Gasteiger partial charge in [0.2, 0.25) is 0 Å². The fraction of sp³-hybridized carbons (Fsp3) is 0.667. The van der Waals surface area contributed by atoms with Crippen LogP contribution in [0.1, 0.15) is 26.2 Å². The summed E-state index contributed by atoms with van der Waals surface area (Å²) in [7, 11) is 0. The number of nitrogens with zero attached hydrogens (tertiary/aromatic N) is 1. The SMILES string of the molecule is C=CCCCNC(=O)N1CCC(C)(C(=O)O)C1. The second kappa shape index (κ2) is 5.70. The van der Waals surface area contributed by atoms with Crippen LogP contribution in [0.25, 0.3) is 0 Å². The zero-order chi connectivity index (χ0) is 12.9. The van der Waals surface area contributed by atoms with Crippen LogP contribution in [0.5, 0.6) is 0 Å². The number of aliphatic carboxylic acids is 1. The first kappa shape index (κ1) is 13.5. The summed E-state index contributed by atoms with van der Waals surface area (Å²) in [6.45, 7) is 6.69. The minimum atomic E-state index is -0.834. The number of urea groups is 1. The number of hydrogen-bond acceptors (Lipinski definition) is 2. The first-order valence-corrected chi connectivity index (χ1v) is 5.87. The van der Waals surface area contributed by atoms with Gasteiger partial charge >= 0.3 is 12.0 Å². The molecule has 0 aromatic rings. The molecule has 1 fully saturated rings. The summed E-state index contributed by atoms with van der Waals surface area (Å²) in [6.07, 6.45) is 4.05. The van der Waals surface area contributed by atoms with E-state index in [0.29, 0.717) is 19.5 Å². The summed E-state index contributed by atoms with van der Waals surface area (Å²) in [6, 6.07) is -0.168. The number of amides is 2. The van der Waals surface area contributed by atoms with Crippen LogP contribution < -0.4 is 5.32 Å². The van der Waals surface area contributed by atoms with E-state index in [1.165, 1.54) is 0 Å². The number of carbonyl (C=O) groups excluding carboxylic acids is 1. The minimum Gasteiger partial charge on any atom is -0.481 e. The third-order valence-corrected chi connectivity index (χ3v) is 3.14. The average molecular weight is 240 g/mol. The smallest absolute Gasteiger partial charge is 0.317 e. The summed E-state index contributed by atoms with van der Waals surface area (Å²) < 4.78 is 0. The van der Waals surface area contributed by atoms with Crippen LogP contribution in [0.4, 0.5) is 4.79 Å². The van der Waals surface area contributed by atoms with Gasteiger partial charge in [0, 0.05) is 19.6 Å². The molecule has 2 amide bonds. The Morgan fingerprint density at radius 2 is 2.29 bits per heavy atom. The van der Waals surface area contributed by atoms with E-state index in [0.717, 1.165) is 12.8 Å². The standard InChI is InChI=1S/C12H20N2O3/c1-3-4-5-7-13-11(17)14-8-6-12(2,9-14)10(15)16/h3H,1,4-9H2,2H3,(H,13,17)(H,15,16). The van der Waals surface area contributed by atoms with Crippen molar-refractivity contribution >= 4 is 12.0 Å². The maximum Gasteiger partial charge on any atom is 0.317 e. The van der Waals surface area contributed by atoms with Crippen molar-refractivity contribution in [2.75, 3.05) is 19.6 Å². The van der Waals surface area contributed by atoms with Gasteiger partial charge in [-0.3, -0.25) is 4.79 Å². The first-order valence-electron chi connectivity index (χ1n) is 5.87. The normalized spacial score (nSPS) is 23.5. The van der Waals surface area contributed by atoms with Gasteiger partial charge in [0.25, 0.3) is 0 Å². The van der Waals surface area contributed by atoms with E-state index >= 15 is 0 Å². The van der Waals surface area contributed by atoms with Crippen LogP contribution in [-0.2, 0) is 4.79 Å². The molecule has 0 radical (unpaired) electrons. The zero-order valence-corrected chi connectivity index (χ0v) is 10.2. The Balaban J connectivity index is 2.35. The van der Waals surface area contributed by atoms with E-state index < -0.39 is 11.4 Å². The highest BCUT2D eigenvalue weighted by atomic mass is 16.4. The van der Waals surface area contributed by atoms with Crippen molar-refractivity contribution in [1.82, 2.24) is 10.2 Å².